The number of aliphatic hydroxyl groups excluding tert-OH is 1. The van der Waals surface area contributed by atoms with Crippen molar-refractivity contribution in [2.24, 2.45) is 23.7 Å². The molecule has 0 amide bonds. The Balaban J connectivity index is 1.11. The van der Waals surface area contributed by atoms with Crippen LogP contribution in [-0.4, -0.2) is 83.4 Å². The van der Waals surface area contributed by atoms with E-state index in [0.717, 1.165) is 80.9 Å². The number of allylic oxidation sites excluding steroid dienone is 4. The average Bonchev–Trinajstić information content (AvgIpc) is 3.29. The third-order valence-corrected chi connectivity index (χ3v) is 17.2. The highest BCUT2D eigenvalue weighted by Crippen LogP contribution is 2.42. The molecule has 346 valence electrons. The van der Waals surface area contributed by atoms with Crippen LogP contribution in [0.25, 0.3) is 0 Å². The number of nitrogens with zero attached hydrogens (tertiary/aromatic N) is 1. The van der Waals surface area contributed by atoms with Crippen LogP contribution in [-0.2, 0) is 19.1 Å². The van der Waals surface area contributed by atoms with Crippen molar-refractivity contribution in [3.05, 3.63) is 22.3 Å². The van der Waals surface area contributed by atoms with Crippen LogP contribution in [0, 0.1) is 23.7 Å². The molecule has 2 fully saturated rings. The number of unbranched alkanes of at least 4 members (excludes halogenated alkanes) is 5. The highest BCUT2D eigenvalue weighted by molar-refractivity contribution is 7.99. The van der Waals surface area contributed by atoms with Gasteiger partial charge in [0.1, 0.15) is 12.2 Å². The summed E-state index contributed by atoms with van der Waals surface area (Å²) in [5, 5.41) is 9.38. The van der Waals surface area contributed by atoms with Gasteiger partial charge in [0.2, 0.25) is 0 Å². The molecule has 2 aliphatic carbocycles. The maximum Gasteiger partial charge on any atom is 0.306 e. The lowest BCUT2D eigenvalue weighted by atomic mass is 9.73. The van der Waals surface area contributed by atoms with Crippen LogP contribution < -0.4 is 0 Å². The van der Waals surface area contributed by atoms with Crippen molar-refractivity contribution in [2.45, 2.75) is 226 Å². The Kier molecular flexibility index (Phi) is 26.0. The predicted octanol–water partition coefficient (Wildman–Crippen LogP) is 13.7. The fourth-order valence-corrected chi connectivity index (χ4v) is 13.5. The second-order valence-corrected chi connectivity index (χ2v) is 21.7. The van der Waals surface area contributed by atoms with Crippen LogP contribution >= 0.6 is 23.5 Å². The van der Waals surface area contributed by atoms with E-state index >= 15 is 0 Å². The van der Waals surface area contributed by atoms with Crippen molar-refractivity contribution in [3.8, 4) is 0 Å². The van der Waals surface area contributed by atoms with E-state index in [2.05, 4.69) is 39.6 Å². The van der Waals surface area contributed by atoms with Gasteiger partial charge in [-0.05, 0) is 190 Å². The van der Waals surface area contributed by atoms with E-state index in [4.69, 9.17) is 9.47 Å². The van der Waals surface area contributed by atoms with Crippen LogP contribution in [0.4, 0.5) is 0 Å². The highest BCUT2D eigenvalue weighted by atomic mass is 32.2. The number of cyclic esters (lactones) is 2. The lowest BCUT2D eigenvalue weighted by Gasteiger charge is -2.32. The maximum atomic E-state index is 12.9. The smallest absolute Gasteiger partial charge is 0.306 e. The van der Waals surface area contributed by atoms with Crippen molar-refractivity contribution in [1.29, 1.82) is 0 Å². The Morgan fingerprint density at radius 3 is 1.53 bits per heavy atom. The molecule has 2 saturated heterocycles. The van der Waals surface area contributed by atoms with Gasteiger partial charge in [-0.2, -0.15) is 23.5 Å². The van der Waals surface area contributed by atoms with Gasteiger partial charge < -0.3 is 19.5 Å². The number of carbonyl (C=O) groups excluding carboxylic acids is 2. The number of aliphatic hydroxyl groups is 1. The van der Waals surface area contributed by atoms with E-state index < -0.39 is 0 Å². The first-order valence-corrected chi connectivity index (χ1v) is 27.8. The standard InChI is InChI=1S/C52H91NO5S2/c1-6-42-22-18-24-44-30-32-49(55)57-47(28-16-20-40(3)51(42)44)38-59-36-14-8-10-26-46(53(5)34-12-13-35-54)27-11-9-15-37-60-39-48-29-17-21-41(4)52-43(7-2)23-19-25-45(52)31-33-50(56)58-48/h40-41,44-48,54H,6-39H2,1-5H3. The molecule has 6 atom stereocenters. The molecule has 0 saturated carbocycles. The Morgan fingerprint density at radius 2 is 1.08 bits per heavy atom. The fourth-order valence-electron chi connectivity index (χ4n) is 11.4. The van der Waals surface area contributed by atoms with Gasteiger partial charge in [0.05, 0.1) is 0 Å². The minimum atomic E-state index is 0.0275. The molecule has 0 bridgehead atoms. The first-order chi connectivity index (χ1) is 29.2. The molecular weight excluding hydrogens is 783 g/mol. The number of hydrogen-bond acceptors (Lipinski definition) is 8. The Morgan fingerprint density at radius 1 is 0.600 bits per heavy atom. The van der Waals surface area contributed by atoms with Gasteiger partial charge >= 0.3 is 11.9 Å². The molecule has 4 rings (SSSR count). The summed E-state index contributed by atoms with van der Waals surface area (Å²) >= 11 is 3.98. The molecule has 0 spiro atoms. The maximum absolute atomic E-state index is 12.9. The Bertz CT molecular complexity index is 1200. The quantitative estimate of drug-likeness (QED) is 0.0618. The zero-order valence-electron chi connectivity index (χ0n) is 39.4. The predicted molar refractivity (Wildman–Crippen MR) is 258 cm³/mol. The van der Waals surface area contributed by atoms with Crippen LogP contribution in [0.1, 0.15) is 207 Å². The number of hydrogen-bond donors (Lipinski definition) is 1. The van der Waals surface area contributed by atoms with Gasteiger partial charge in [-0.3, -0.25) is 9.59 Å². The summed E-state index contributed by atoms with van der Waals surface area (Å²) in [6, 6.07) is 0.604. The average molecular weight is 874 g/mol. The van der Waals surface area contributed by atoms with Crippen LogP contribution in [0.3, 0.4) is 0 Å². The van der Waals surface area contributed by atoms with Crippen molar-refractivity contribution in [3.63, 3.8) is 0 Å². The molecule has 2 heterocycles. The molecule has 0 aromatic rings. The SMILES string of the molecule is CCC1=C2C(C)CCCC(CSCCCCCC(CCCCCSCC3CCCC(C)C4=C(CC)CCCC4CCC(=O)O3)N(C)CCCCO)OC(=O)CCC2CCC1. The van der Waals surface area contributed by atoms with Gasteiger partial charge in [0, 0.05) is 37.0 Å². The van der Waals surface area contributed by atoms with Crippen molar-refractivity contribution >= 4 is 35.5 Å². The number of fused-ring (bicyclic) bond motifs is 2. The lowest BCUT2D eigenvalue weighted by Crippen LogP contribution is -2.32. The van der Waals surface area contributed by atoms with E-state index in [1.165, 1.54) is 116 Å². The number of rotatable bonds is 23. The monoisotopic (exact) mass is 874 g/mol. The van der Waals surface area contributed by atoms with Gasteiger partial charge in [-0.15, -0.1) is 0 Å². The Hall–Kier alpha value is -0.960. The number of carbonyl (C=O) groups is 2. The van der Waals surface area contributed by atoms with Gasteiger partial charge in [-0.25, -0.2) is 0 Å². The van der Waals surface area contributed by atoms with Gasteiger partial charge in [0.25, 0.3) is 0 Å². The molecule has 0 radical (unpaired) electrons. The largest absolute Gasteiger partial charge is 0.461 e. The van der Waals surface area contributed by atoms with Crippen molar-refractivity contribution in [1.82, 2.24) is 4.90 Å². The zero-order valence-corrected chi connectivity index (χ0v) is 41.1. The molecule has 0 aromatic heterocycles. The summed E-state index contributed by atoms with van der Waals surface area (Å²) in [5.74, 6) is 6.66. The van der Waals surface area contributed by atoms with E-state index in [9.17, 15) is 14.7 Å². The summed E-state index contributed by atoms with van der Waals surface area (Å²) in [5.41, 5.74) is 6.79. The summed E-state index contributed by atoms with van der Waals surface area (Å²) < 4.78 is 12.2. The van der Waals surface area contributed by atoms with Gasteiger partial charge in [0.15, 0.2) is 0 Å². The zero-order chi connectivity index (χ0) is 43.0. The molecular formula is C52H91NO5S2. The molecule has 2 aliphatic heterocycles. The molecule has 0 aromatic carbocycles. The first-order valence-electron chi connectivity index (χ1n) is 25.5. The van der Waals surface area contributed by atoms with E-state index in [1.54, 1.807) is 22.3 Å². The molecule has 8 heteroatoms. The third-order valence-electron chi connectivity index (χ3n) is 14.8. The van der Waals surface area contributed by atoms with E-state index in [0.29, 0.717) is 42.6 Å². The van der Waals surface area contributed by atoms with Crippen LogP contribution in [0.15, 0.2) is 22.3 Å². The van der Waals surface area contributed by atoms with E-state index in [1.807, 2.05) is 23.5 Å². The second kappa shape index (κ2) is 30.2. The first kappa shape index (κ1) is 51.7. The molecule has 4 aliphatic rings. The molecule has 60 heavy (non-hydrogen) atoms. The van der Waals surface area contributed by atoms with Crippen molar-refractivity contribution in [2.75, 3.05) is 43.2 Å². The minimum absolute atomic E-state index is 0.0275. The number of ether oxygens (including phenoxy) is 2. The summed E-state index contributed by atoms with van der Waals surface area (Å²) in [7, 11) is 2.29. The van der Waals surface area contributed by atoms with Crippen molar-refractivity contribution < 1.29 is 24.2 Å². The number of thioether (sulfide) groups is 2. The van der Waals surface area contributed by atoms with Gasteiger partial charge in [-0.1, -0.05) is 75.7 Å². The highest BCUT2D eigenvalue weighted by Gasteiger charge is 2.30. The third kappa shape index (κ3) is 18.6. The normalized spacial score (nSPS) is 27.1. The molecule has 6 nitrogen and oxygen atoms in total. The molecule has 6 unspecified atom stereocenters. The summed E-state index contributed by atoms with van der Waals surface area (Å²) in [6.45, 7) is 10.9. The minimum Gasteiger partial charge on any atom is -0.461 e. The van der Waals surface area contributed by atoms with E-state index in [-0.39, 0.29) is 30.8 Å². The summed E-state index contributed by atoms with van der Waals surface area (Å²) in [4.78, 5) is 28.4. The topological polar surface area (TPSA) is 76.1 Å². The molecule has 1 N–H and O–H groups in total. The van der Waals surface area contributed by atoms with Crippen LogP contribution in [0.2, 0.25) is 0 Å². The number of esters is 2. The fraction of sp³-hybridized carbons (Fsp3) is 0.885. The Labute approximate surface area is 377 Å². The lowest BCUT2D eigenvalue weighted by molar-refractivity contribution is -0.149. The van der Waals surface area contributed by atoms with Crippen LogP contribution in [0.5, 0.6) is 0 Å². The summed E-state index contributed by atoms with van der Waals surface area (Å²) in [6.07, 6.45) is 31.8. The second-order valence-electron chi connectivity index (χ2n) is 19.4.